The van der Waals surface area contributed by atoms with Crippen molar-refractivity contribution in [3.8, 4) is 0 Å². The first-order valence-electron chi connectivity index (χ1n) is 6.61. The van der Waals surface area contributed by atoms with Gasteiger partial charge in [-0.3, -0.25) is 0 Å². The zero-order chi connectivity index (χ0) is 13.5. The maximum absolute atomic E-state index is 13.6. The van der Waals surface area contributed by atoms with E-state index in [4.69, 9.17) is 0 Å². The van der Waals surface area contributed by atoms with Crippen LogP contribution < -0.4 is 5.32 Å². The van der Waals surface area contributed by atoms with Crippen LogP contribution in [-0.4, -0.2) is 18.1 Å². The highest BCUT2D eigenvalue weighted by atomic mass is 32.2. The lowest BCUT2D eigenvalue weighted by molar-refractivity contribution is 0.584. The van der Waals surface area contributed by atoms with Crippen LogP contribution in [0.1, 0.15) is 37.9 Å². The first-order chi connectivity index (χ1) is 8.54. The fourth-order valence-corrected chi connectivity index (χ4v) is 2.92. The standard InChI is InChI=1S/C15H24FNS/c1-5-17-15(10-18-9-11(2)3)13-7-6-12(4)14(16)8-13/h6-8,11,15,17H,5,9-10H2,1-4H3. The summed E-state index contributed by atoms with van der Waals surface area (Å²) >= 11 is 1.93. The molecule has 1 N–H and O–H groups in total. The number of aryl methyl sites for hydroxylation is 1. The van der Waals surface area contributed by atoms with Crippen LogP contribution in [0.5, 0.6) is 0 Å². The van der Waals surface area contributed by atoms with E-state index in [1.54, 1.807) is 13.0 Å². The van der Waals surface area contributed by atoms with Crippen LogP contribution in [0, 0.1) is 18.7 Å². The molecule has 0 aliphatic carbocycles. The van der Waals surface area contributed by atoms with Crippen molar-refractivity contribution in [2.24, 2.45) is 5.92 Å². The van der Waals surface area contributed by atoms with Crippen molar-refractivity contribution in [3.63, 3.8) is 0 Å². The number of nitrogens with one attached hydrogen (secondary N) is 1. The Morgan fingerprint density at radius 1 is 1.28 bits per heavy atom. The summed E-state index contributed by atoms with van der Waals surface area (Å²) in [7, 11) is 0. The van der Waals surface area contributed by atoms with Gasteiger partial charge < -0.3 is 5.32 Å². The maximum atomic E-state index is 13.6. The highest BCUT2D eigenvalue weighted by Gasteiger charge is 2.12. The van der Waals surface area contributed by atoms with Gasteiger partial charge in [-0.2, -0.15) is 11.8 Å². The summed E-state index contributed by atoms with van der Waals surface area (Å²) in [6, 6.07) is 5.80. The monoisotopic (exact) mass is 269 g/mol. The van der Waals surface area contributed by atoms with Gasteiger partial charge in [0.05, 0.1) is 0 Å². The maximum Gasteiger partial charge on any atom is 0.126 e. The van der Waals surface area contributed by atoms with Gasteiger partial charge in [0.15, 0.2) is 0 Å². The summed E-state index contributed by atoms with van der Waals surface area (Å²) in [6.45, 7) is 9.24. The van der Waals surface area contributed by atoms with E-state index in [0.29, 0.717) is 11.5 Å². The fraction of sp³-hybridized carbons (Fsp3) is 0.600. The van der Waals surface area contributed by atoms with E-state index in [9.17, 15) is 4.39 Å². The number of hydrogen-bond donors (Lipinski definition) is 1. The van der Waals surface area contributed by atoms with Gasteiger partial charge in [-0.1, -0.05) is 32.9 Å². The van der Waals surface area contributed by atoms with Crippen LogP contribution in [0.25, 0.3) is 0 Å². The minimum absolute atomic E-state index is 0.107. The molecule has 0 radical (unpaired) electrons. The van der Waals surface area contributed by atoms with Crippen molar-refractivity contribution in [2.75, 3.05) is 18.1 Å². The highest BCUT2D eigenvalue weighted by Crippen LogP contribution is 2.21. The third-order valence-electron chi connectivity index (χ3n) is 2.78. The van der Waals surface area contributed by atoms with Gasteiger partial charge in [0.1, 0.15) is 5.82 Å². The average Bonchev–Trinajstić information content (AvgIpc) is 2.31. The molecule has 1 atom stereocenters. The summed E-state index contributed by atoms with van der Waals surface area (Å²) in [5.41, 5.74) is 1.76. The number of halogens is 1. The number of thioether (sulfide) groups is 1. The average molecular weight is 269 g/mol. The van der Waals surface area contributed by atoms with Crippen LogP contribution >= 0.6 is 11.8 Å². The van der Waals surface area contributed by atoms with Crippen molar-refractivity contribution in [2.45, 2.75) is 33.7 Å². The van der Waals surface area contributed by atoms with Crippen molar-refractivity contribution < 1.29 is 4.39 Å². The second kappa shape index (κ2) is 7.80. The van der Waals surface area contributed by atoms with Gasteiger partial charge in [0, 0.05) is 11.8 Å². The van der Waals surface area contributed by atoms with E-state index in [0.717, 1.165) is 23.6 Å². The largest absolute Gasteiger partial charge is 0.310 e. The molecule has 1 aromatic rings. The van der Waals surface area contributed by atoms with E-state index in [2.05, 4.69) is 26.1 Å². The molecule has 0 bridgehead atoms. The Hall–Kier alpha value is -0.540. The van der Waals surface area contributed by atoms with Gasteiger partial charge in [-0.25, -0.2) is 4.39 Å². The van der Waals surface area contributed by atoms with Gasteiger partial charge in [0.2, 0.25) is 0 Å². The molecule has 0 saturated carbocycles. The molecule has 102 valence electrons. The Labute approximate surface area is 115 Å². The SMILES string of the molecule is CCNC(CSCC(C)C)c1ccc(C)c(F)c1. The van der Waals surface area contributed by atoms with Crippen molar-refractivity contribution in [1.82, 2.24) is 5.32 Å². The molecule has 0 saturated heterocycles. The summed E-state index contributed by atoms with van der Waals surface area (Å²) in [6.07, 6.45) is 0. The van der Waals surface area contributed by atoms with E-state index < -0.39 is 0 Å². The molecule has 0 aliphatic rings. The summed E-state index contributed by atoms with van der Waals surface area (Å²) < 4.78 is 13.6. The van der Waals surface area contributed by atoms with E-state index in [-0.39, 0.29) is 11.9 Å². The second-order valence-electron chi connectivity index (χ2n) is 5.05. The highest BCUT2D eigenvalue weighted by molar-refractivity contribution is 7.99. The Morgan fingerprint density at radius 2 is 2.00 bits per heavy atom. The van der Waals surface area contributed by atoms with E-state index >= 15 is 0 Å². The molecule has 1 nitrogen and oxygen atoms in total. The molecule has 0 fully saturated rings. The summed E-state index contributed by atoms with van der Waals surface area (Å²) in [5, 5.41) is 3.43. The third kappa shape index (κ3) is 4.99. The van der Waals surface area contributed by atoms with Gasteiger partial charge in [0.25, 0.3) is 0 Å². The van der Waals surface area contributed by atoms with Crippen molar-refractivity contribution >= 4 is 11.8 Å². The third-order valence-corrected chi connectivity index (χ3v) is 4.26. The first kappa shape index (κ1) is 15.5. The quantitative estimate of drug-likeness (QED) is 0.797. The number of rotatable bonds is 7. The Kier molecular flexibility index (Phi) is 6.72. The van der Waals surface area contributed by atoms with E-state index in [1.807, 2.05) is 23.9 Å². The molecule has 18 heavy (non-hydrogen) atoms. The molecule has 0 aliphatic heterocycles. The Bertz CT molecular complexity index is 366. The topological polar surface area (TPSA) is 12.0 Å². The predicted octanol–water partition coefficient (Wildman–Crippen LogP) is 4.17. The summed E-state index contributed by atoms with van der Waals surface area (Å²) in [4.78, 5) is 0. The van der Waals surface area contributed by atoms with Crippen molar-refractivity contribution in [1.29, 1.82) is 0 Å². The molecule has 0 spiro atoms. The normalized spacial score (nSPS) is 13.0. The summed E-state index contributed by atoms with van der Waals surface area (Å²) in [5.74, 6) is 2.74. The predicted molar refractivity (Wildman–Crippen MR) is 79.7 cm³/mol. The van der Waals surface area contributed by atoms with Gasteiger partial charge in [-0.15, -0.1) is 0 Å². The van der Waals surface area contributed by atoms with Crippen LogP contribution in [0.3, 0.4) is 0 Å². The molecule has 0 amide bonds. The molecular formula is C15H24FNS. The van der Waals surface area contributed by atoms with Gasteiger partial charge in [-0.05, 0) is 42.3 Å². The fourth-order valence-electron chi connectivity index (χ4n) is 1.77. The first-order valence-corrected chi connectivity index (χ1v) is 7.77. The number of hydrogen-bond acceptors (Lipinski definition) is 2. The lowest BCUT2D eigenvalue weighted by atomic mass is 10.1. The Morgan fingerprint density at radius 3 is 2.56 bits per heavy atom. The molecular weight excluding hydrogens is 245 g/mol. The zero-order valence-electron chi connectivity index (χ0n) is 11.8. The molecule has 3 heteroatoms. The lowest BCUT2D eigenvalue weighted by Gasteiger charge is -2.19. The smallest absolute Gasteiger partial charge is 0.126 e. The molecule has 0 aromatic heterocycles. The minimum Gasteiger partial charge on any atom is -0.310 e. The molecule has 1 aromatic carbocycles. The molecule has 0 heterocycles. The van der Waals surface area contributed by atoms with Crippen LogP contribution in [0.2, 0.25) is 0 Å². The van der Waals surface area contributed by atoms with E-state index in [1.165, 1.54) is 0 Å². The minimum atomic E-state index is -0.107. The molecule has 1 unspecified atom stereocenters. The number of benzene rings is 1. The second-order valence-corrected chi connectivity index (χ2v) is 6.13. The van der Waals surface area contributed by atoms with Crippen LogP contribution in [0.4, 0.5) is 4.39 Å². The zero-order valence-corrected chi connectivity index (χ0v) is 12.6. The van der Waals surface area contributed by atoms with Crippen molar-refractivity contribution in [3.05, 3.63) is 35.1 Å². The van der Waals surface area contributed by atoms with Gasteiger partial charge >= 0.3 is 0 Å². The van der Waals surface area contributed by atoms with Crippen LogP contribution in [0.15, 0.2) is 18.2 Å². The Balaban J connectivity index is 2.67. The molecule has 1 rings (SSSR count). The lowest BCUT2D eigenvalue weighted by Crippen LogP contribution is -2.23. The van der Waals surface area contributed by atoms with Crippen LogP contribution in [-0.2, 0) is 0 Å².